The molecular weight excluding hydrogens is 294 g/mol. The molecule has 2 aliphatic rings. The molecule has 2 saturated heterocycles. The van der Waals surface area contributed by atoms with Crippen LogP contribution in [0.1, 0.15) is 32.1 Å². The zero-order valence-corrected chi connectivity index (χ0v) is 13.2. The van der Waals surface area contributed by atoms with Gasteiger partial charge >= 0.3 is 5.97 Å². The van der Waals surface area contributed by atoms with E-state index in [4.69, 9.17) is 5.11 Å². The average molecular weight is 320 g/mol. The molecular formula is C14H26ClN3O3. The minimum atomic E-state index is -0.758. The predicted molar refractivity (Wildman–Crippen MR) is 82.8 cm³/mol. The smallest absolute Gasteiger partial charge is 0.304 e. The Labute approximate surface area is 132 Å². The van der Waals surface area contributed by atoms with E-state index < -0.39 is 5.97 Å². The number of aliphatic carboxylic acids is 1. The lowest BCUT2D eigenvalue weighted by atomic mass is 10.0. The molecule has 1 amide bonds. The van der Waals surface area contributed by atoms with Crippen molar-refractivity contribution in [2.75, 3.05) is 39.3 Å². The van der Waals surface area contributed by atoms with Gasteiger partial charge in [0, 0.05) is 38.8 Å². The molecule has 2 N–H and O–H groups in total. The SMILES string of the molecule is Cl.O=C(O)CCNC1CCN(CC(=O)N2CCCC2)CC1. The van der Waals surface area contributed by atoms with Gasteiger partial charge in [-0.25, -0.2) is 0 Å². The standard InChI is InChI=1S/C14H25N3O3.ClH/c18-13(17-7-1-2-8-17)11-16-9-4-12(5-10-16)15-6-3-14(19)20;/h12,15H,1-11H2,(H,19,20);1H. The maximum atomic E-state index is 12.0. The van der Waals surface area contributed by atoms with Crippen LogP contribution in [0.25, 0.3) is 0 Å². The van der Waals surface area contributed by atoms with Crippen LogP contribution in [0.3, 0.4) is 0 Å². The highest BCUT2D eigenvalue weighted by atomic mass is 35.5. The summed E-state index contributed by atoms with van der Waals surface area (Å²) < 4.78 is 0. The number of halogens is 1. The van der Waals surface area contributed by atoms with Gasteiger partial charge in [-0.1, -0.05) is 0 Å². The van der Waals surface area contributed by atoms with E-state index in [1.165, 1.54) is 0 Å². The maximum Gasteiger partial charge on any atom is 0.304 e. The molecule has 2 aliphatic heterocycles. The summed E-state index contributed by atoms with van der Waals surface area (Å²) in [6, 6.07) is 0.396. The highest BCUT2D eigenvalue weighted by Gasteiger charge is 2.24. The molecule has 0 aromatic rings. The van der Waals surface area contributed by atoms with Gasteiger partial charge in [-0.15, -0.1) is 12.4 Å². The monoisotopic (exact) mass is 319 g/mol. The Hall–Kier alpha value is -0.850. The number of carboxylic acid groups (broad SMARTS) is 1. The number of nitrogens with zero attached hydrogens (tertiary/aromatic N) is 2. The summed E-state index contributed by atoms with van der Waals surface area (Å²) in [6.45, 7) is 4.77. The maximum absolute atomic E-state index is 12.0. The molecule has 0 spiro atoms. The molecule has 2 rings (SSSR count). The normalized spacial score (nSPS) is 20.3. The van der Waals surface area contributed by atoms with Gasteiger partial charge in [0.25, 0.3) is 0 Å². The van der Waals surface area contributed by atoms with Crippen molar-refractivity contribution in [3.63, 3.8) is 0 Å². The number of carbonyl (C=O) groups is 2. The van der Waals surface area contributed by atoms with Crippen molar-refractivity contribution >= 4 is 24.3 Å². The van der Waals surface area contributed by atoms with Crippen molar-refractivity contribution in [2.24, 2.45) is 0 Å². The summed E-state index contributed by atoms with van der Waals surface area (Å²) in [5, 5.41) is 11.9. The van der Waals surface area contributed by atoms with Crippen LogP contribution in [0.5, 0.6) is 0 Å². The van der Waals surface area contributed by atoms with Gasteiger partial charge in [0.1, 0.15) is 0 Å². The van der Waals surface area contributed by atoms with E-state index in [1.807, 2.05) is 4.90 Å². The van der Waals surface area contributed by atoms with Gasteiger partial charge in [-0.3, -0.25) is 14.5 Å². The largest absolute Gasteiger partial charge is 0.481 e. The third-order valence-corrected chi connectivity index (χ3v) is 4.18. The molecule has 2 fully saturated rings. The van der Waals surface area contributed by atoms with Crippen LogP contribution in [0, 0.1) is 0 Å². The van der Waals surface area contributed by atoms with Crippen molar-refractivity contribution in [2.45, 2.75) is 38.1 Å². The number of carboxylic acids is 1. The van der Waals surface area contributed by atoms with E-state index in [2.05, 4.69) is 10.2 Å². The van der Waals surface area contributed by atoms with Crippen LogP contribution in [-0.4, -0.2) is 72.1 Å². The summed E-state index contributed by atoms with van der Waals surface area (Å²) in [5.41, 5.74) is 0. The van der Waals surface area contributed by atoms with Crippen molar-refractivity contribution in [3.8, 4) is 0 Å². The number of amides is 1. The molecule has 0 atom stereocenters. The third-order valence-electron chi connectivity index (χ3n) is 4.18. The zero-order valence-electron chi connectivity index (χ0n) is 12.4. The van der Waals surface area contributed by atoms with Gasteiger partial charge in [0.2, 0.25) is 5.91 Å². The van der Waals surface area contributed by atoms with Crippen LogP contribution >= 0.6 is 12.4 Å². The Morgan fingerprint density at radius 2 is 1.71 bits per heavy atom. The molecule has 0 aromatic heterocycles. The lowest BCUT2D eigenvalue weighted by Gasteiger charge is -2.32. The highest BCUT2D eigenvalue weighted by molar-refractivity contribution is 5.85. The minimum absolute atomic E-state index is 0. The third kappa shape index (κ3) is 6.20. The van der Waals surface area contributed by atoms with Crippen LogP contribution in [0.2, 0.25) is 0 Å². The second-order valence-electron chi connectivity index (χ2n) is 5.74. The Morgan fingerprint density at radius 1 is 1.10 bits per heavy atom. The summed E-state index contributed by atoms with van der Waals surface area (Å²) in [4.78, 5) is 26.7. The molecule has 122 valence electrons. The van der Waals surface area contributed by atoms with E-state index in [9.17, 15) is 9.59 Å². The van der Waals surface area contributed by atoms with Gasteiger partial charge in [0.15, 0.2) is 0 Å². The van der Waals surface area contributed by atoms with Crippen LogP contribution in [0.15, 0.2) is 0 Å². The Bertz CT molecular complexity index is 340. The Morgan fingerprint density at radius 3 is 2.29 bits per heavy atom. The lowest BCUT2D eigenvalue weighted by molar-refractivity contribution is -0.137. The van der Waals surface area contributed by atoms with E-state index in [0.717, 1.165) is 51.9 Å². The molecule has 0 aliphatic carbocycles. The number of nitrogens with one attached hydrogen (secondary N) is 1. The van der Waals surface area contributed by atoms with Crippen LogP contribution < -0.4 is 5.32 Å². The second kappa shape index (κ2) is 9.23. The summed E-state index contributed by atoms with van der Waals surface area (Å²) in [5.74, 6) is -0.495. The molecule has 21 heavy (non-hydrogen) atoms. The molecule has 2 heterocycles. The first-order chi connectivity index (χ1) is 9.65. The van der Waals surface area contributed by atoms with Crippen molar-refractivity contribution in [3.05, 3.63) is 0 Å². The summed E-state index contributed by atoms with van der Waals surface area (Å²) >= 11 is 0. The van der Waals surface area contributed by atoms with Crippen LogP contribution in [-0.2, 0) is 9.59 Å². The highest BCUT2D eigenvalue weighted by Crippen LogP contribution is 2.12. The number of likely N-dealkylation sites (tertiary alicyclic amines) is 2. The van der Waals surface area contributed by atoms with Crippen molar-refractivity contribution in [1.82, 2.24) is 15.1 Å². The molecule has 0 aromatic carbocycles. The van der Waals surface area contributed by atoms with Gasteiger partial charge in [-0.2, -0.15) is 0 Å². The number of hydrogen-bond donors (Lipinski definition) is 2. The Kier molecular flexibility index (Phi) is 8.00. The zero-order chi connectivity index (χ0) is 14.4. The van der Waals surface area contributed by atoms with Gasteiger partial charge in [-0.05, 0) is 25.7 Å². The fraction of sp³-hybridized carbons (Fsp3) is 0.857. The van der Waals surface area contributed by atoms with E-state index in [0.29, 0.717) is 19.1 Å². The molecule has 0 radical (unpaired) electrons. The van der Waals surface area contributed by atoms with Gasteiger partial charge in [0.05, 0.1) is 13.0 Å². The molecule has 6 nitrogen and oxygen atoms in total. The first-order valence-electron chi connectivity index (χ1n) is 7.60. The lowest BCUT2D eigenvalue weighted by Crippen LogP contribution is -2.46. The first-order valence-corrected chi connectivity index (χ1v) is 7.60. The number of piperidine rings is 1. The fourth-order valence-corrected chi connectivity index (χ4v) is 2.94. The minimum Gasteiger partial charge on any atom is -0.481 e. The Balaban J connectivity index is 0.00000220. The van der Waals surface area contributed by atoms with E-state index >= 15 is 0 Å². The summed E-state index contributed by atoms with van der Waals surface area (Å²) in [7, 11) is 0. The molecule has 7 heteroatoms. The topological polar surface area (TPSA) is 72.9 Å². The van der Waals surface area contributed by atoms with Crippen molar-refractivity contribution < 1.29 is 14.7 Å². The van der Waals surface area contributed by atoms with Crippen LogP contribution in [0.4, 0.5) is 0 Å². The van der Waals surface area contributed by atoms with E-state index in [-0.39, 0.29) is 24.7 Å². The number of hydrogen-bond acceptors (Lipinski definition) is 4. The molecule has 0 bridgehead atoms. The second-order valence-corrected chi connectivity index (χ2v) is 5.74. The van der Waals surface area contributed by atoms with Gasteiger partial charge < -0.3 is 15.3 Å². The molecule has 0 saturated carbocycles. The molecule has 0 unspecified atom stereocenters. The number of carbonyl (C=O) groups excluding carboxylic acids is 1. The van der Waals surface area contributed by atoms with Crippen molar-refractivity contribution in [1.29, 1.82) is 0 Å². The summed E-state index contributed by atoms with van der Waals surface area (Å²) in [6.07, 6.45) is 4.44. The average Bonchev–Trinajstić information content (AvgIpc) is 2.94. The first kappa shape index (κ1) is 18.2. The van der Waals surface area contributed by atoms with E-state index in [1.54, 1.807) is 0 Å². The predicted octanol–water partition coefficient (Wildman–Crippen LogP) is 0.559. The quantitative estimate of drug-likeness (QED) is 0.748. The fourth-order valence-electron chi connectivity index (χ4n) is 2.94. The number of rotatable bonds is 6.